The molecule has 0 heterocycles. The quantitative estimate of drug-likeness (QED) is 0.617. The first kappa shape index (κ1) is 16.6. The average Bonchev–Trinajstić information content (AvgIpc) is 2.56. The van der Waals surface area contributed by atoms with Crippen molar-refractivity contribution in [2.24, 2.45) is 9.98 Å². The molecule has 0 radical (unpaired) electrons. The molecule has 2 aromatic carbocycles. The summed E-state index contributed by atoms with van der Waals surface area (Å²) in [5.41, 5.74) is 9.45. The van der Waals surface area contributed by atoms with Gasteiger partial charge in [0.1, 0.15) is 0 Å². The fraction of sp³-hybridized carbons (Fsp3) is 0.364. The largest absolute Gasteiger partial charge is 0.251 e. The van der Waals surface area contributed by atoms with Gasteiger partial charge in [-0.3, -0.25) is 9.98 Å². The third-order valence-electron chi connectivity index (χ3n) is 4.65. The fourth-order valence-corrected chi connectivity index (χ4v) is 3.08. The van der Waals surface area contributed by atoms with Crippen LogP contribution in [0.3, 0.4) is 0 Å². The zero-order valence-electron chi connectivity index (χ0n) is 15.2. The van der Waals surface area contributed by atoms with Crippen LogP contribution in [-0.2, 0) is 0 Å². The molecule has 0 aliphatic heterocycles. The van der Waals surface area contributed by atoms with Crippen LogP contribution in [0.5, 0.6) is 0 Å². The summed E-state index contributed by atoms with van der Waals surface area (Å²) in [6, 6.07) is 12.9. The van der Waals surface area contributed by atoms with Crippen LogP contribution in [0.25, 0.3) is 0 Å². The Kier molecular flexibility index (Phi) is 4.94. The molecule has 0 spiro atoms. The van der Waals surface area contributed by atoms with Crippen molar-refractivity contribution in [3.8, 4) is 0 Å². The van der Waals surface area contributed by atoms with Crippen molar-refractivity contribution in [3.63, 3.8) is 0 Å². The number of hydrogen-bond donors (Lipinski definition) is 0. The summed E-state index contributed by atoms with van der Waals surface area (Å²) in [7, 11) is 0. The molecular weight excluding hydrogens is 292 g/mol. The van der Waals surface area contributed by atoms with Crippen LogP contribution in [0.4, 0.5) is 11.4 Å². The van der Waals surface area contributed by atoms with E-state index >= 15 is 0 Å². The minimum Gasteiger partial charge on any atom is -0.251 e. The Morgan fingerprint density at radius 1 is 0.625 bits per heavy atom. The topological polar surface area (TPSA) is 24.7 Å². The van der Waals surface area contributed by atoms with E-state index in [0.29, 0.717) is 0 Å². The molecule has 1 fully saturated rings. The molecule has 124 valence electrons. The second kappa shape index (κ2) is 7.12. The van der Waals surface area contributed by atoms with Gasteiger partial charge in [0.2, 0.25) is 0 Å². The van der Waals surface area contributed by atoms with Crippen LogP contribution < -0.4 is 0 Å². The van der Waals surface area contributed by atoms with Gasteiger partial charge >= 0.3 is 0 Å². The SMILES string of the molecule is Cc1ccc(C)c(N=C2CCCCC2=Nc2cc(C)ccc2C)c1. The first-order chi connectivity index (χ1) is 11.5. The van der Waals surface area contributed by atoms with Crippen molar-refractivity contribution in [3.05, 3.63) is 58.7 Å². The predicted molar refractivity (Wildman–Crippen MR) is 104 cm³/mol. The number of nitrogens with zero attached hydrogens (tertiary/aromatic N) is 2. The van der Waals surface area contributed by atoms with Crippen molar-refractivity contribution in [1.82, 2.24) is 0 Å². The second-order valence-electron chi connectivity index (χ2n) is 6.90. The minimum absolute atomic E-state index is 1.02. The molecule has 0 amide bonds. The maximum Gasteiger partial charge on any atom is 0.0665 e. The summed E-state index contributed by atoms with van der Waals surface area (Å²) in [6.07, 6.45) is 4.46. The highest BCUT2D eigenvalue weighted by Crippen LogP contribution is 2.26. The maximum absolute atomic E-state index is 4.99. The van der Waals surface area contributed by atoms with Gasteiger partial charge in [0.15, 0.2) is 0 Å². The molecule has 0 atom stereocenters. The van der Waals surface area contributed by atoms with Gasteiger partial charge in [-0.2, -0.15) is 0 Å². The van der Waals surface area contributed by atoms with E-state index in [1.54, 1.807) is 0 Å². The molecule has 0 aromatic heterocycles. The van der Waals surface area contributed by atoms with Crippen molar-refractivity contribution in [1.29, 1.82) is 0 Å². The molecule has 3 rings (SSSR count). The van der Waals surface area contributed by atoms with Gasteiger partial charge in [-0.1, -0.05) is 24.3 Å². The van der Waals surface area contributed by atoms with Gasteiger partial charge in [-0.05, 0) is 87.8 Å². The van der Waals surface area contributed by atoms with Crippen LogP contribution in [-0.4, -0.2) is 11.4 Å². The van der Waals surface area contributed by atoms with E-state index in [1.807, 2.05) is 0 Å². The molecule has 1 aliphatic carbocycles. The maximum atomic E-state index is 4.99. The molecule has 0 bridgehead atoms. The van der Waals surface area contributed by atoms with E-state index in [0.717, 1.165) is 35.6 Å². The molecule has 0 N–H and O–H groups in total. The van der Waals surface area contributed by atoms with Crippen LogP contribution >= 0.6 is 0 Å². The van der Waals surface area contributed by atoms with Crippen LogP contribution in [0.15, 0.2) is 46.4 Å². The van der Waals surface area contributed by atoms with Crippen LogP contribution in [0.1, 0.15) is 47.9 Å². The minimum atomic E-state index is 1.02. The zero-order chi connectivity index (χ0) is 17.1. The molecule has 2 nitrogen and oxygen atoms in total. The van der Waals surface area contributed by atoms with Gasteiger partial charge in [-0.25, -0.2) is 0 Å². The predicted octanol–water partition coefficient (Wildman–Crippen LogP) is 6.34. The number of benzene rings is 2. The molecule has 1 saturated carbocycles. The lowest BCUT2D eigenvalue weighted by Gasteiger charge is -2.17. The van der Waals surface area contributed by atoms with Crippen molar-refractivity contribution in [2.45, 2.75) is 53.4 Å². The average molecular weight is 318 g/mol. The molecule has 2 heteroatoms. The lowest BCUT2D eigenvalue weighted by atomic mass is 9.95. The number of aliphatic imine (C=N–C) groups is 2. The van der Waals surface area contributed by atoms with E-state index < -0.39 is 0 Å². The monoisotopic (exact) mass is 318 g/mol. The first-order valence-corrected chi connectivity index (χ1v) is 8.83. The summed E-state index contributed by atoms with van der Waals surface area (Å²) >= 11 is 0. The summed E-state index contributed by atoms with van der Waals surface area (Å²) in [5.74, 6) is 0. The third-order valence-corrected chi connectivity index (χ3v) is 4.65. The summed E-state index contributed by atoms with van der Waals surface area (Å²) < 4.78 is 0. The normalized spacial score (nSPS) is 18.3. The highest BCUT2D eigenvalue weighted by molar-refractivity contribution is 6.43. The molecule has 2 aromatic rings. The van der Waals surface area contributed by atoms with Crippen molar-refractivity contribution in [2.75, 3.05) is 0 Å². The number of hydrogen-bond acceptors (Lipinski definition) is 2. The van der Waals surface area contributed by atoms with E-state index in [4.69, 9.17) is 9.98 Å². The Labute approximate surface area is 145 Å². The molecule has 0 saturated heterocycles. The lowest BCUT2D eigenvalue weighted by molar-refractivity contribution is 0.777. The summed E-state index contributed by atoms with van der Waals surface area (Å²) in [6.45, 7) is 8.50. The number of aryl methyl sites for hydroxylation is 4. The van der Waals surface area contributed by atoms with Gasteiger partial charge in [0, 0.05) is 0 Å². The van der Waals surface area contributed by atoms with Crippen molar-refractivity contribution >= 4 is 22.8 Å². The van der Waals surface area contributed by atoms with E-state index in [1.165, 1.54) is 35.1 Å². The Bertz CT molecular complexity index is 743. The van der Waals surface area contributed by atoms with Gasteiger partial charge < -0.3 is 0 Å². The van der Waals surface area contributed by atoms with Gasteiger partial charge in [0.25, 0.3) is 0 Å². The number of rotatable bonds is 2. The van der Waals surface area contributed by atoms with Crippen molar-refractivity contribution < 1.29 is 0 Å². The third kappa shape index (κ3) is 3.81. The lowest BCUT2D eigenvalue weighted by Crippen LogP contribution is -2.18. The molecule has 24 heavy (non-hydrogen) atoms. The zero-order valence-corrected chi connectivity index (χ0v) is 15.2. The first-order valence-electron chi connectivity index (χ1n) is 8.83. The smallest absolute Gasteiger partial charge is 0.0665 e. The highest BCUT2D eigenvalue weighted by Gasteiger charge is 2.16. The van der Waals surface area contributed by atoms with E-state index in [2.05, 4.69) is 64.1 Å². The van der Waals surface area contributed by atoms with Gasteiger partial charge in [0.05, 0.1) is 22.8 Å². The Hall–Kier alpha value is -2.22. The fourth-order valence-electron chi connectivity index (χ4n) is 3.08. The summed E-state index contributed by atoms with van der Waals surface area (Å²) in [5, 5.41) is 0. The van der Waals surface area contributed by atoms with Crippen LogP contribution in [0, 0.1) is 27.7 Å². The van der Waals surface area contributed by atoms with Gasteiger partial charge in [-0.15, -0.1) is 0 Å². The summed E-state index contributed by atoms with van der Waals surface area (Å²) in [4.78, 5) is 9.99. The molecule has 0 unspecified atom stereocenters. The molecule has 1 aliphatic rings. The highest BCUT2D eigenvalue weighted by atomic mass is 14.8. The van der Waals surface area contributed by atoms with E-state index in [-0.39, 0.29) is 0 Å². The Balaban J connectivity index is 2.02. The standard InChI is InChI=1S/C22H26N2/c1-15-9-11-17(3)21(13-15)23-19-7-5-6-8-20(19)24-22-14-16(2)10-12-18(22)4/h9-14H,5-8H2,1-4H3. The Morgan fingerprint density at radius 3 is 1.46 bits per heavy atom. The van der Waals surface area contributed by atoms with Crippen LogP contribution in [0.2, 0.25) is 0 Å². The van der Waals surface area contributed by atoms with E-state index in [9.17, 15) is 0 Å². The molecular formula is C22H26N2. The second-order valence-corrected chi connectivity index (χ2v) is 6.90. The Morgan fingerprint density at radius 2 is 1.04 bits per heavy atom.